The third-order valence-corrected chi connectivity index (χ3v) is 22.6. The Kier molecular flexibility index (Phi) is 10.8. The number of hydrogen-bond acceptors (Lipinski definition) is 13. The van der Waals surface area contributed by atoms with Crippen LogP contribution >= 0.6 is 47.0 Å². The number of pyridine rings is 1. The molecule has 5 unspecified atom stereocenters. The summed E-state index contributed by atoms with van der Waals surface area (Å²) in [5, 5.41) is 3.73. The minimum Gasteiger partial charge on any atom is -0.491 e. The average Bonchev–Trinajstić information content (AvgIpc) is 3.95. The number of carbonyl (C=O) groups excluding carboxylic acids is 2. The highest BCUT2D eigenvalue weighted by molar-refractivity contribution is 8.22. The number of ether oxygens (including phenoxy) is 1. The van der Waals surface area contributed by atoms with Crippen molar-refractivity contribution in [2.24, 2.45) is 5.41 Å². The van der Waals surface area contributed by atoms with Gasteiger partial charge in [-0.2, -0.15) is 0 Å². The smallest absolute Gasteiger partial charge is 0.180 e. The molecule has 0 saturated carbocycles. The van der Waals surface area contributed by atoms with Gasteiger partial charge in [0.15, 0.2) is 29.0 Å². The molecule has 2 aromatic heterocycles. The number of methoxy groups -OCH3 is 1. The molecule has 8 aliphatic rings. The van der Waals surface area contributed by atoms with Crippen molar-refractivity contribution in [3.63, 3.8) is 0 Å². The molecule has 2 saturated heterocycles. The molecule has 12 rings (SSSR count). The summed E-state index contributed by atoms with van der Waals surface area (Å²) >= 11 is 8.27. The van der Waals surface area contributed by atoms with E-state index in [1.54, 1.807) is 13.3 Å². The molecular formula is C53H58N6O3S4. The maximum Gasteiger partial charge on any atom is 0.180 e. The Balaban J connectivity index is 0.906. The van der Waals surface area contributed by atoms with Gasteiger partial charge in [0.1, 0.15) is 5.69 Å². The van der Waals surface area contributed by atoms with Crippen molar-refractivity contribution in [3.8, 4) is 28.4 Å². The molecule has 2 aromatic carbocycles. The summed E-state index contributed by atoms with van der Waals surface area (Å²) < 4.78 is 5.12. The number of hydrogen-bond donors (Lipinski definition) is 1. The van der Waals surface area contributed by atoms with Crippen molar-refractivity contribution in [2.75, 3.05) is 42.8 Å². The molecule has 66 heavy (non-hydrogen) atoms. The van der Waals surface area contributed by atoms with Crippen molar-refractivity contribution < 1.29 is 14.3 Å². The fourth-order valence-electron chi connectivity index (χ4n) is 12.8. The van der Waals surface area contributed by atoms with Crippen molar-refractivity contribution in [1.82, 2.24) is 24.8 Å². The van der Waals surface area contributed by atoms with Gasteiger partial charge in [-0.15, -0.1) is 47.0 Å². The predicted molar refractivity (Wildman–Crippen MR) is 272 cm³/mol. The molecule has 6 aliphatic heterocycles. The molecule has 0 radical (unpaired) electrons. The number of ketones is 2. The standard InChI is InChI=1S/C53H58N6O3S4/c1-30(2)56-50-45(62-5)27-55-49(57-50)38-22-31(16-18-54-38)32-12-8-13-36-34(32)17-19-58-40(36)25-53(48-42(58)23-51(3,4)26-44(48)61)65-29-46(66-53)37-28-59-39-14-9-15-43(60)47(39)52(63-20-21-64-52)24-41(59)35-11-7-6-10-33(35)37/h6-8,10-13,16,18,22,27,30,37,40-41,46H,9,14-15,17,19-21,23-26,28-29H2,1-5H3,(H,55,56,57). The van der Waals surface area contributed by atoms with Crippen LogP contribution in [0.3, 0.4) is 0 Å². The van der Waals surface area contributed by atoms with Gasteiger partial charge in [0.25, 0.3) is 0 Å². The molecule has 0 amide bonds. The zero-order valence-electron chi connectivity index (χ0n) is 38.5. The molecule has 8 heterocycles. The van der Waals surface area contributed by atoms with Gasteiger partial charge < -0.3 is 19.9 Å². The van der Waals surface area contributed by atoms with E-state index in [0.29, 0.717) is 59.0 Å². The van der Waals surface area contributed by atoms with Crippen molar-refractivity contribution >= 4 is 64.4 Å². The topological polar surface area (TPSA) is 101 Å². The molecule has 342 valence electrons. The molecule has 2 spiro atoms. The molecule has 0 bridgehead atoms. The number of benzene rings is 2. The Labute approximate surface area is 406 Å². The number of anilines is 1. The van der Waals surface area contributed by atoms with Gasteiger partial charge >= 0.3 is 0 Å². The van der Waals surface area contributed by atoms with Crippen molar-refractivity contribution in [2.45, 2.75) is 117 Å². The van der Waals surface area contributed by atoms with Crippen LogP contribution in [0.15, 0.2) is 89.5 Å². The summed E-state index contributed by atoms with van der Waals surface area (Å²) in [5.74, 6) is 6.08. The molecule has 5 atom stereocenters. The quantitative estimate of drug-likeness (QED) is 0.199. The molecule has 9 nitrogen and oxygen atoms in total. The average molecular weight is 955 g/mol. The lowest BCUT2D eigenvalue weighted by molar-refractivity contribution is -0.119. The summed E-state index contributed by atoms with van der Waals surface area (Å²) in [6, 6.07) is 21.0. The van der Waals surface area contributed by atoms with E-state index >= 15 is 0 Å². The maximum absolute atomic E-state index is 14.8. The Morgan fingerprint density at radius 2 is 1.59 bits per heavy atom. The monoisotopic (exact) mass is 954 g/mol. The van der Waals surface area contributed by atoms with Gasteiger partial charge in [-0.1, -0.05) is 56.3 Å². The number of rotatable bonds is 6. The third-order valence-electron chi connectivity index (χ3n) is 15.4. The number of nitrogens with zero attached hydrogens (tertiary/aromatic N) is 5. The van der Waals surface area contributed by atoms with E-state index in [1.165, 1.54) is 39.2 Å². The van der Waals surface area contributed by atoms with Gasteiger partial charge in [0.05, 0.1) is 33.5 Å². The van der Waals surface area contributed by atoms with E-state index in [9.17, 15) is 9.59 Å². The van der Waals surface area contributed by atoms with E-state index in [0.717, 1.165) is 91.3 Å². The highest BCUT2D eigenvalue weighted by Crippen LogP contribution is 2.67. The van der Waals surface area contributed by atoms with Crippen LogP contribution < -0.4 is 10.1 Å². The lowest BCUT2D eigenvalue weighted by atomic mass is 9.71. The van der Waals surface area contributed by atoms with Gasteiger partial charge in [-0.25, -0.2) is 9.97 Å². The van der Waals surface area contributed by atoms with Gasteiger partial charge in [0, 0.05) is 102 Å². The van der Waals surface area contributed by atoms with E-state index < -0.39 is 0 Å². The van der Waals surface area contributed by atoms with Crippen LogP contribution in [0.5, 0.6) is 5.75 Å². The largest absolute Gasteiger partial charge is 0.491 e. The van der Waals surface area contributed by atoms with Crippen LogP contribution in [-0.2, 0) is 16.0 Å². The Bertz CT molecular complexity index is 2750. The molecule has 2 aliphatic carbocycles. The first-order valence-corrected chi connectivity index (χ1v) is 27.8. The predicted octanol–water partition coefficient (Wildman–Crippen LogP) is 11.3. The normalized spacial score (nSPS) is 28.3. The van der Waals surface area contributed by atoms with Crippen LogP contribution in [0.25, 0.3) is 22.6 Å². The van der Waals surface area contributed by atoms with Crippen LogP contribution in [0.1, 0.15) is 113 Å². The Morgan fingerprint density at radius 1 is 0.818 bits per heavy atom. The number of aromatic nitrogens is 3. The minimum atomic E-state index is -0.337. The number of carbonyl (C=O) groups is 2. The van der Waals surface area contributed by atoms with E-state index in [-0.39, 0.29) is 25.7 Å². The number of fused-ring (bicyclic) bond motifs is 10. The third kappa shape index (κ3) is 7.00. The van der Waals surface area contributed by atoms with Crippen molar-refractivity contribution in [3.05, 3.63) is 112 Å². The van der Waals surface area contributed by atoms with Crippen molar-refractivity contribution in [1.29, 1.82) is 0 Å². The molecule has 13 heteroatoms. The number of thioether (sulfide) groups is 4. The summed E-state index contributed by atoms with van der Waals surface area (Å²) in [5.41, 5.74) is 13.6. The van der Waals surface area contributed by atoms with Crippen LogP contribution in [-0.4, -0.2) is 93.2 Å². The minimum absolute atomic E-state index is 0.0995. The highest BCUT2D eigenvalue weighted by Gasteiger charge is 2.59. The SMILES string of the molecule is COc1cnc(-c2cc(-c3cccc4c3CCN3C5=C(C(=O)CC(C)(C)C5)C5(CC43)SCC(C3CN4C6=C(C(=O)CCC6)C6(CC4c4ccccc43)SCCS6)S5)ccn2)nc1NC(C)C. The second kappa shape index (κ2) is 16.4. The van der Waals surface area contributed by atoms with E-state index in [4.69, 9.17) is 14.7 Å². The van der Waals surface area contributed by atoms with Crippen LogP contribution in [0.4, 0.5) is 5.82 Å². The molecule has 2 fully saturated rings. The number of allylic oxidation sites excluding steroid dienone is 2. The zero-order valence-corrected chi connectivity index (χ0v) is 41.8. The van der Waals surface area contributed by atoms with Crippen LogP contribution in [0.2, 0.25) is 0 Å². The first-order chi connectivity index (χ1) is 31.9. The van der Waals surface area contributed by atoms with Gasteiger partial charge in [0.2, 0.25) is 0 Å². The molecular weight excluding hydrogens is 897 g/mol. The summed E-state index contributed by atoms with van der Waals surface area (Å²) in [7, 11) is 1.64. The molecule has 4 aromatic rings. The fraction of sp³-hybridized carbons (Fsp3) is 0.491. The summed E-state index contributed by atoms with van der Waals surface area (Å²) in [4.78, 5) is 48.4. The highest BCUT2D eigenvalue weighted by atomic mass is 32.2. The second-order valence-electron chi connectivity index (χ2n) is 20.5. The Hall–Kier alpha value is -3.91. The van der Waals surface area contributed by atoms with E-state index in [1.807, 2.05) is 29.7 Å². The van der Waals surface area contributed by atoms with Gasteiger partial charge in [-0.3, -0.25) is 14.6 Å². The summed E-state index contributed by atoms with van der Waals surface area (Å²) in [6.45, 7) is 10.6. The molecule has 1 N–H and O–H groups in total. The summed E-state index contributed by atoms with van der Waals surface area (Å²) in [6.07, 6.45) is 10.5. The zero-order chi connectivity index (χ0) is 45.1. The maximum atomic E-state index is 14.8. The Morgan fingerprint density at radius 3 is 2.41 bits per heavy atom. The van der Waals surface area contributed by atoms with Crippen LogP contribution in [0, 0.1) is 5.41 Å². The second-order valence-corrected chi connectivity index (χ2v) is 26.7. The lowest BCUT2D eigenvalue weighted by Crippen LogP contribution is -2.50. The van der Waals surface area contributed by atoms with Gasteiger partial charge in [-0.05, 0) is 90.5 Å². The fourth-order valence-corrected chi connectivity index (χ4v) is 20.4. The number of nitrogens with one attached hydrogen (secondary N) is 1. The lowest BCUT2D eigenvalue weighted by Gasteiger charge is -2.54. The van der Waals surface area contributed by atoms with E-state index in [2.05, 4.69) is 126 Å². The first-order valence-electron chi connectivity index (χ1n) is 24.0. The number of Topliss-reactive ketones (excluding diaryl/α,β-unsaturated/α-hetero) is 2. The first kappa shape index (κ1) is 43.4.